The van der Waals surface area contributed by atoms with E-state index in [1.807, 2.05) is 0 Å². The molecule has 0 saturated carbocycles. The van der Waals surface area contributed by atoms with Crippen molar-refractivity contribution in [3.05, 3.63) is 29.6 Å². The molecule has 0 bridgehead atoms. The summed E-state index contributed by atoms with van der Waals surface area (Å²) in [6.45, 7) is 6.84. The second-order valence-electron chi connectivity index (χ2n) is 4.81. The topological polar surface area (TPSA) is 29.9 Å². The predicted molar refractivity (Wildman–Crippen MR) is 80.2 cm³/mol. The number of fused-ring (bicyclic) bond motifs is 1. The van der Waals surface area contributed by atoms with Gasteiger partial charge in [0.25, 0.3) is 0 Å². The number of hydrogen-bond acceptors (Lipinski definition) is 2. The molecule has 1 heterocycles. The number of nitrogens with one attached hydrogen (secondary N) is 1. The number of aromatic nitrogens is 2. The quantitative estimate of drug-likeness (QED) is 0.635. The Balaban J connectivity index is 2.26. The van der Waals surface area contributed by atoms with Gasteiger partial charge in [-0.05, 0) is 37.6 Å². The van der Waals surface area contributed by atoms with Crippen molar-refractivity contribution in [2.45, 2.75) is 33.2 Å². The second kappa shape index (κ2) is 6.40. The van der Waals surface area contributed by atoms with Crippen molar-refractivity contribution in [3.8, 4) is 12.3 Å². The molecule has 1 aromatic carbocycles. The largest absolute Gasteiger partial charge is 0.316 e. The lowest BCUT2D eigenvalue weighted by Crippen LogP contribution is -2.19. The first-order valence-electron chi connectivity index (χ1n) is 6.86. The van der Waals surface area contributed by atoms with Gasteiger partial charge in [-0.25, -0.2) is 4.98 Å². The molecular weight excluding hydrogens is 234 g/mol. The Kier molecular flexibility index (Phi) is 4.59. The summed E-state index contributed by atoms with van der Waals surface area (Å²) in [4.78, 5) is 4.72. The van der Waals surface area contributed by atoms with E-state index in [1.165, 1.54) is 5.56 Å². The van der Waals surface area contributed by atoms with E-state index in [4.69, 9.17) is 11.4 Å². The monoisotopic (exact) mass is 255 g/mol. The zero-order valence-electron chi connectivity index (χ0n) is 11.7. The van der Waals surface area contributed by atoms with Crippen LogP contribution in [0, 0.1) is 19.3 Å². The van der Waals surface area contributed by atoms with Crippen molar-refractivity contribution < 1.29 is 0 Å². The Morgan fingerprint density at radius 2 is 2.21 bits per heavy atom. The average molecular weight is 255 g/mol. The van der Waals surface area contributed by atoms with Crippen LogP contribution in [0.15, 0.2) is 18.2 Å². The Morgan fingerprint density at radius 1 is 1.37 bits per heavy atom. The lowest BCUT2D eigenvalue weighted by atomic mass is 10.2. The van der Waals surface area contributed by atoms with Gasteiger partial charge in [-0.15, -0.1) is 6.42 Å². The molecule has 0 atom stereocenters. The number of imidazole rings is 1. The summed E-state index contributed by atoms with van der Waals surface area (Å²) >= 11 is 0. The molecule has 0 aliphatic rings. The lowest BCUT2D eigenvalue weighted by molar-refractivity contribution is 0.643. The van der Waals surface area contributed by atoms with Crippen LogP contribution in [-0.4, -0.2) is 22.6 Å². The third-order valence-electron chi connectivity index (χ3n) is 3.18. The zero-order valence-corrected chi connectivity index (χ0v) is 11.7. The van der Waals surface area contributed by atoms with E-state index < -0.39 is 0 Å². The van der Waals surface area contributed by atoms with Crippen LogP contribution in [0.2, 0.25) is 0 Å². The molecule has 3 heteroatoms. The first kappa shape index (κ1) is 13.6. The molecule has 1 aromatic heterocycles. The fourth-order valence-electron chi connectivity index (χ4n) is 2.25. The van der Waals surface area contributed by atoms with E-state index in [1.54, 1.807) is 0 Å². The van der Waals surface area contributed by atoms with E-state index in [-0.39, 0.29) is 0 Å². The summed E-state index contributed by atoms with van der Waals surface area (Å²) in [5.41, 5.74) is 3.41. The Morgan fingerprint density at radius 3 is 2.95 bits per heavy atom. The Hall–Kier alpha value is -1.79. The number of terminal acetylenes is 1. The minimum atomic E-state index is 0.586. The summed E-state index contributed by atoms with van der Waals surface area (Å²) in [6.07, 6.45) is 7.54. The molecular formula is C16H21N3. The van der Waals surface area contributed by atoms with Crippen molar-refractivity contribution in [3.63, 3.8) is 0 Å². The fraction of sp³-hybridized carbons (Fsp3) is 0.438. The van der Waals surface area contributed by atoms with Gasteiger partial charge in [0.1, 0.15) is 5.82 Å². The van der Waals surface area contributed by atoms with Crippen molar-refractivity contribution in [1.82, 2.24) is 14.9 Å². The fourth-order valence-corrected chi connectivity index (χ4v) is 2.25. The Labute approximate surface area is 115 Å². The smallest absolute Gasteiger partial charge is 0.111 e. The van der Waals surface area contributed by atoms with Gasteiger partial charge in [-0.2, -0.15) is 0 Å². The van der Waals surface area contributed by atoms with Crippen LogP contribution in [0.5, 0.6) is 0 Å². The van der Waals surface area contributed by atoms with Gasteiger partial charge in [-0.3, -0.25) is 0 Å². The maximum atomic E-state index is 5.47. The van der Waals surface area contributed by atoms with Crippen LogP contribution in [0.25, 0.3) is 11.0 Å². The van der Waals surface area contributed by atoms with Gasteiger partial charge in [0.05, 0.1) is 17.6 Å². The van der Waals surface area contributed by atoms with Crippen LogP contribution < -0.4 is 5.32 Å². The van der Waals surface area contributed by atoms with Crippen LogP contribution in [0.1, 0.15) is 24.7 Å². The predicted octanol–water partition coefficient (Wildman–Crippen LogP) is 2.52. The van der Waals surface area contributed by atoms with Crippen molar-refractivity contribution in [2.75, 3.05) is 13.1 Å². The average Bonchev–Trinajstić information content (AvgIpc) is 2.73. The van der Waals surface area contributed by atoms with Gasteiger partial charge >= 0.3 is 0 Å². The third-order valence-corrected chi connectivity index (χ3v) is 3.18. The first-order valence-corrected chi connectivity index (χ1v) is 6.86. The number of nitrogens with zero attached hydrogens (tertiary/aromatic N) is 2. The third kappa shape index (κ3) is 3.15. The lowest BCUT2D eigenvalue weighted by Gasteiger charge is -2.06. The number of benzene rings is 1. The molecule has 1 N–H and O–H groups in total. The molecule has 3 nitrogen and oxygen atoms in total. The summed E-state index contributed by atoms with van der Waals surface area (Å²) in [5.74, 6) is 3.79. The standard InChI is InChI=1S/C16H21N3/c1-4-9-17-10-8-16-18-14-12-13(3)6-7-15(14)19(16)11-5-2/h2,6-7,12,17H,4,8-11H2,1,3H3. The highest BCUT2D eigenvalue weighted by Crippen LogP contribution is 2.18. The van der Waals surface area contributed by atoms with E-state index >= 15 is 0 Å². The number of rotatable bonds is 6. The molecule has 2 rings (SSSR count). The van der Waals surface area contributed by atoms with E-state index in [2.05, 4.69) is 47.9 Å². The SMILES string of the molecule is C#CCn1c(CCNCCC)nc2cc(C)ccc21. The first-order chi connectivity index (χ1) is 9.26. The van der Waals surface area contributed by atoms with Crippen molar-refractivity contribution in [1.29, 1.82) is 0 Å². The molecule has 0 unspecified atom stereocenters. The van der Waals surface area contributed by atoms with Crippen LogP contribution in [0.3, 0.4) is 0 Å². The molecule has 0 fully saturated rings. The molecule has 0 amide bonds. The molecule has 0 aliphatic heterocycles. The minimum Gasteiger partial charge on any atom is -0.316 e. The van der Waals surface area contributed by atoms with Crippen LogP contribution in [0.4, 0.5) is 0 Å². The summed E-state index contributed by atoms with van der Waals surface area (Å²) in [6, 6.07) is 6.33. The van der Waals surface area contributed by atoms with Gasteiger partial charge in [0.2, 0.25) is 0 Å². The van der Waals surface area contributed by atoms with E-state index in [0.717, 1.165) is 42.8 Å². The highest BCUT2D eigenvalue weighted by Gasteiger charge is 2.09. The maximum Gasteiger partial charge on any atom is 0.111 e. The molecule has 0 radical (unpaired) electrons. The van der Waals surface area contributed by atoms with Gasteiger partial charge in [-0.1, -0.05) is 18.9 Å². The summed E-state index contributed by atoms with van der Waals surface area (Å²) in [5, 5.41) is 3.40. The zero-order chi connectivity index (χ0) is 13.7. The van der Waals surface area contributed by atoms with Crippen LogP contribution in [-0.2, 0) is 13.0 Å². The summed E-state index contributed by atoms with van der Waals surface area (Å²) < 4.78 is 2.14. The minimum absolute atomic E-state index is 0.586. The molecule has 0 aliphatic carbocycles. The van der Waals surface area contributed by atoms with Gasteiger partial charge in [0.15, 0.2) is 0 Å². The molecule has 0 spiro atoms. The second-order valence-corrected chi connectivity index (χ2v) is 4.81. The van der Waals surface area contributed by atoms with Crippen molar-refractivity contribution >= 4 is 11.0 Å². The Bertz CT molecular complexity index is 590. The molecule has 2 aromatic rings. The van der Waals surface area contributed by atoms with Gasteiger partial charge < -0.3 is 9.88 Å². The molecule has 0 saturated heterocycles. The number of aryl methyl sites for hydroxylation is 1. The normalized spacial score (nSPS) is 10.8. The number of hydrogen-bond donors (Lipinski definition) is 1. The van der Waals surface area contributed by atoms with Gasteiger partial charge in [0, 0.05) is 13.0 Å². The van der Waals surface area contributed by atoms with E-state index in [9.17, 15) is 0 Å². The highest BCUT2D eigenvalue weighted by atomic mass is 15.1. The summed E-state index contributed by atoms with van der Waals surface area (Å²) in [7, 11) is 0. The molecule has 100 valence electrons. The van der Waals surface area contributed by atoms with Crippen molar-refractivity contribution in [2.24, 2.45) is 0 Å². The van der Waals surface area contributed by atoms with E-state index in [0.29, 0.717) is 6.54 Å². The highest BCUT2D eigenvalue weighted by molar-refractivity contribution is 5.77. The van der Waals surface area contributed by atoms with Crippen LogP contribution >= 0.6 is 0 Å². The molecule has 19 heavy (non-hydrogen) atoms. The maximum absolute atomic E-state index is 5.47.